The number of rotatable bonds is 5. The monoisotopic (exact) mass is 339 g/mol. The summed E-state index contributed by atoms with van der Waals surface area (Å²) in [7, 11) is 0. The molecule has 2 aromatic carbocycles. The Morgan fingerprint density at radius 2 is 1.92 bits per heavy atom. The van der Waals surface area contributed by atoms with Crippen LogP contribution in [0.2, 0.25) is 0 Å². The van der Waals surface area contributed by atoms with E-state index in [0.717, 1.165) is 35.6 Å². The fraction of sp³-hybridized carbons (Fsp3) is 0.400. The number of hydrogen-bond acceptors (Lipinski definition) is 3. The predicted molar refractivity (Wildman–Crippen MR) is 98.9 cm³/mol. The number of benzene rings is 2. The van der Waals surface area contributed by atoms with Crippen molar-refractivity contribution in [2.45, 2.75) is 31.7 Å². The maximum absolute atomic E-state index is 12.4. The first kappa shape index (κ1) is 17.4. The maximum atomic E-state index is 12.4. The highest BCUT2D eigenvalue weighted by Crippen LogP contribution is 2.20. The highest BCUT2D eigenvalue weighted by Gasteiger charge is 2.21. The third-order valence-electron chi connectivity index (χ3n) is 4.75. The van der Waals surface area contributed by atoms with Crippen LogP contribution < -0.4 is 11.1 Å². The molecule has 1 saturated heterocycles. The number of nitrogens with two attached hydrogens (primary N) is 1. The second kappa shape index (κ2) is 8.12. The number of likely N-dealkylation sites (tertiary alicyclic amines) is 1. The Bertz CT molecular complexity index is 759. The van der Waals surface area contributed by atoms with Crippen molar-refractivity contribution in [1.29, 1.82) is 0 Å². The highest BCUT2D eigenvalue weighted by atomic mass is 16.2. The average Bonchev–Trinajstić information content (AvgIpc) is 2.84. The van der Waals surface area contributed by atoms with Crippen molar-refractivity contribution in [2.75, 3.05) is 19.6 Å². The zero-order chi connectivity index (χ0) is 17.6. The van der Waals surface area contributed by atoms with E-state index in [9.17, 15) is 9.59 Å². The molecule has 0 spiro atoms. The molecule has 2 amide bonds. The van der Waals surface area contributed by atoms with E-state index in [-0.39, 0.29) is 24.4 Å². The van der Waals surface area contributed by atoms with E-state index in [0.29, 0.717) is 19.5 Å². The smallest absolute Gasteiger partial charge is 0.240 e. The van der Waals surface area contributed by atoms with Crippen molar-refractivity contribution < 1.29 is 9.59 Å². The van der Waals surface area contributed by atoms with Gasteiger partial charge >= 0.3 is 0 Å². The topological polar surface area (TPSA) is 75.4 Å². The Morgan fingerprint density at radius 1 is 1.12 bits per heavy atom. The minimum atomic E-state index is -0.251. The van der Waals surface area contributed by atoms with Gasteiger partial charge in [0.05, 0.1) is 12.6 Å². The standard InChI is InChI=1S/C20H25N3O2/c21-13-18(17-10-9-15-6-3-4-7-16(15)12-17)22-19(24)14-23-11-5-1-2-8-20(23)25/h3-4,6-7,9-10,12,18H,1-2,5,8,11,13-14,21H2,(H,22,24). The van der Waals surface area contributed by atoms with Gasteiger partial charge in [-0.3, -0.25) is 9.59 Å². The summed E-state index contributed by atoms with van der Waals surface area (Å²) in [6, 6.07) is 13.9. The van der Waals surface area contributed by atoms with Crippen LogP contribution in [0.15, 0.2) is 42.5 Å². The summed E-state index contributed by atoms with van der Waals surface area (Å²) in [4.78, 5) is 26.1. The molecule has 2 aromatic rings. The molecule has 0 saturated carbocycles. The van der Waals surface area contributed by atoms with Crippen molar-refractivity contribution >= 4 is 22.6 Å². The van der Waals surface area contributed by atoms with Gasteiger partial charge in [0.1, 0.15) is 0 Å². The van der Waals surface area contributed by atoms with Gasteiger partial charge in [-0.1, -0.05) is 42.8 Å². The summed E-state index contributed by atoms with van der Waals surface area (Å²) in [5.41, 5.74) is 6.87. The second-order valence-electron chi connectivity index (χ2n) is 6.59. The molecule has 0 bridgehead atoms. The van der Waals surface area contributed by atoms with E-state index in [1.54, 1.807) is 4.90 Å². The summed E-state index contributed by atoms with van der Waals surface area (Å²) < 4.78 is 0. The minimum Gasteiger partial charge on any atom is -0.346 e. The third-order valence-corrected chi connectivity index (χ3v) is 4.75. The van der Waals surface area contributed by atoms with E-state index >= 15 is 0 Å². The van der Waals surface area contributed by atoms with Crippen LogP contribution in [0.1, 0.15) is 37.3 Å². The van der Waals surface area contributed by atoms with Crippen LogP contribution in [0.4, 0.5) is 0 Å². The summed E-state index contributed by atoms with van der Waals surface area (Å²) in [5, 5.41) is 5.25. The summed E-state index contributed by atoms with van der Waals surface area (Å²) >= 11 is 0. The van der Waals surface area contributed by atoms with Gasteiger partial charge in [-0.2, -0.15) is 0 Å². The van der Waals surface area contributed by atoms with Crippen molar-refractivity contribution in [2.24, 2.45) is 5.73 Å². The lowest BCUT2D eigenvalue weighted by atomic mass is 10.0. The van der Waals surface area contributed by atoms with Crippen LogP contribution in [0, 0.1) is 0 Å². The SMILES string of the molecule is NCC(NC(=O)CN1CCCCCC1=O)c1ccc2ccccc2c1. The quantitative estimate of drug-likeness (QED) is 0.878. The first-order valence-electron chi connectivity index (χ1n) is 8.93. The Labute approximate surface area is 148 Å². The zero-order valence-corrected chi connectivity index (χ0v) is 14.4. The summed E-state index contributed by atoms with van der Waals surface area (Å²) in [6.07, 6.45) is 3.47. The molecule has 1 aliphatic heterocycles. The maximum Gasteiger partial charge on any atom is 0.240 e. The first-order chi connectivity index (χ1) is 12.2. The van der Waals surface area contributed by atoms with Crippen LogP contribution in [0.5, 0.6) is 0 Å². The lowest BCUT2D eigenvalue weighted by Gasteiger charge is -2.23. The van der Waals surface area contributed by atoms with Crippen molar-refractivity contribution in [1.82, 2.24) is 10.2 Å². The van der Waals surface area contributed by atoms with E-state index in [1.807, 2.05) is 30.3 Å². The van der Waals surface area contributed by atoms with Crippen LogP contribution in [-0.4, -0.2) is 36.3 Å². The van der Waals surface area contributed by atoms with Gasteiger partial charge in [-0.25, -0.2) is 0 Å². The number of amides is 2. The molecule has 1 aliphatic rings. The average molecular weight is 339 g/mol. The van der Waals surface area contributed by atoms with E-state index in [2.05, 4.69) is 17.4 Å². The Kier molecular flexibility index (Phi) is 5.66. The normalized spacial score (nSPS) is 16.5. The second-order valence-corrected chi connectivity index (χ2v) is 6.59. The van der Waals surface area contributed by atoms with Gasteiger partial charge in [0, 0.05) is 19.5 Å². The molecule has 0 aromatic heterocycles. The summed E-state index contributed by atoms with van der Waals surface area (Å²) in [5.74, 6) is -0.0819. The van der Waals surface area contributed by atoms with Crippen molar-refractivity contribution in [3.63, 3.8) is 0 Å². The molecular formula is C20H25N3O2. The molecule has 1 unspecified atom stereocenters. The van der Waals surface area contributed by atoms with Crippen LogP contribution in [0.25, 0.3) is 10.8 Å². The van der Waals surface area contributed by atoms with Gasteiger partial charge in [-0.15, -0.1) is 0 Å². The van der Waals surface area contributed by atoms with Gasteiger partial charge < -0.3 is 16.0 Å². The molecule has 1 heterocycles. The highest BCUT2D eigenvalue weighted by molar-refractivity contribution is 5.86. The number of nitrogens with one attached hydrogen (secondary N) is 1. The number of nitrogens with zero attached hydrogens (tertiary/aromatic N) is 1. The van der Waals surface area contributed by atoms with Gasteiger partial charge in [0.2, 0.25) is 11.8 Å². The lowest BCUT2D eigenvalue weighted by molar-refractivity contribution is -0.135. The molecule has 0 radical (unpaired) electrons. The van der Waals surface area contributed by atoms with Gasteiger partial charge in [0.15, 0.2) is 0 Å². The molecule has 3 rings (SSSR count). The molecule has 25 heavy (non-hydrogen) atoms. The Hall–Kier alpha value is -2.40. The predicted octanol–water partition coefficient (Wildman–Crippen LogP) is 2.36. The molecule has 5 heteroatoms. The molecular weight excluding hydrogens is 314 g/mol. The lowest BCUT2D eigenvalue weighted by Crippen LogP contribution is -2.43. The first-order valence-corrected chi connectivity index (χ1v) is 8.93. The molecule has 1 atom stereocenters. The van der Waals surface area contributed by atoms with Crippen LogP contribution >= 0.6 is 0 Å². The number of carbonyl (C=O) groups excluding carboxylic acids is 2. The zero-order valence-electron chi connectivity index (χ0n) is 14.4. The van der Waals surface area contributed by atoms with Crippen molar-refractivity contribution in [3.05, 3.63) is 48.0 Å². The Morgan fingerprint density at radius 3 is 2.72 bits per heavy atom. The summed E-state index contributed by atoms with van der Waals surface area (Å²) in [6.45, 7) is 1.09. The third kappa shape index (κ3) is 4.37. The molecule has 0 aliphatic carbocycles. The number of hydrogen-bond donors (Lipinski definition) is 2. The molecule has 1 fully saturated rings. The van der Waals surface area contributed by atoms with E-state index in [4.69, 9.17) is 5.73 Å². The van der Waals surface area contributed by atoms with Gasteiger partial charge in [0.25, 0.3) is 0 Å². The van der Waals surface area contributed by atoms with Crippen molar-refractivity contribution in [3.8, 4) is 0 Å². The largest absolute Gasteiger partial charge is 0.346 e. The van der Waals surface area contributed by atoms with Crippen LogP contribution in [-0.2, 0) is 9.59 Å². The number of fused-ring (bicyclic) bond motifs is 1. The van der Waals surface area contributed by atoms with Gasteiger partial charge in [-0.05, 0) is 35.2 Å². The molecule has 5 nitrogen and oxygen atoms in total. The molecule has 132 valence electrons. The Balaban J connectivity index is 1.67. The minimum absolute atomic E-state index is 0.0719. The molecule has 3 N–H and O–H groups in total. The van der Waals surface area contributed by atoms with E-state index in [1.165, 1.54) is 0 Å². The van der Waals surface area contributed by atoms with Crippen LogP contribution in [0.3, 0.4) is 0 Å². The number of carbonyl (C=O) groups is 2. The fourth-order valence-electron chi connectivity index (χ4n) is 3.32. The van der Waals surface area contributed by atoms with E-state index < -0.39 is 0 Å². The fourth-order valence-corrected chi connectivity index (χ4v) is 3.32.